The Balaban J connectivity index is 1.51. The van der Waals surface area contributed by atoms with Gasteiger partial charge in [-0.15, -0.1) is 0 Å². The molecule has 0 radical (unpaired) electrons. The molecule has 3 rings (SSSR count). The Morgan fingerprint density at radius 3 is 2.96 bits per heavy atom. The maximum atomic E-state index is 12.4. The first kappa shape index (κ1) is 17.1. The zero-order valence-corrected chi connectivity index (χ0v) is 14.4. The number of para-hydroxylation sites is 1. The van der Waals surface area contributed by atoms with E-state index in [4.69, 9.17) is 14.0 Å². The summed E-state index contributed by atoms with van der Waals surface area (Å²) in [6, 6.07) is 11.4. The van der Waals surface area contributed by atoms with Crippen molar-refractivity contribution in [2.75, 3.05) is 7.11 Å². The summed E-state index contributed by atoms with van der Waals surface area (Å²) in [6.45, 7) is 1.97. The molecule has 1 aliphatic heterocycles. The van der Waals surface area contributed by atoms with Crippen molar-refractivity contribution in [1.82, 2.24) is 5.32 Å². The van der Waals surface area contributed by atoms with Gasteiger partial charge in [-0.1, -0.05) is 17.3 Å². The first-order valence-corrected chi connectivity index (χ1v) is 8.36. The third-order valence-electron chi connectivity index (χ3n) is 4.17. The zero-order valence-electron chi connectivity index (χ0n) is 14.4. The Hall–Kier alpha value is -2.76. The van der Waals surface area contributed by atoms with Crippen LogP contribution in [-0.4, -0.2) is 30.9 Å². The summed E-state index contributed by atoms with van der Waals surface area (Å²) in [4.78, 5) is 17.7. The molecular formula is C19H22N2O4. The summed E-state index contributed by atoms with van der Waals surface area (Å²) in [5.74, 6) is 1.48. The normalized spacial score (nSPS) is 17.5. The molecule has 1 aromatic carbocycles. The van der Waals surface area contributed by atoms with E-state index in [1.807, 2.05) is 43.3 Å². The van der Waals surface area contributed by atoms with Crippen LogP contribution >= 0.6 is 0 Å². The van der Waals surface area contributed by atoms with Crippen LogP contribution in [-0.2, 0) is 16.1 Å². The second kappa shape index (κ2) is 7.88. The maximum absolute atomic E-state index is 12.4. The molecule has 6 nitrogen and oxygen atoms in total. The van der Waals surface area contributed by atoms with E-state index >= 15 is 0 Å². The summed E-state index contributed by atoms with van der Waals surface area (Å²) < 4.78 is 10.6. The van der Waals surface area contributed by atoms with Crippen molar-refractivity contribution in [2.24, 2.45) is 5.16 Å². The Kier molecular flexibility index (Phi) is 5.38. The number of benzene rings is 1. The number of carbonyl (C=O) groups excluding carboxylic acids is 1. The Morgan fingerprint density at radius 1 is 1.36 bits per heavy atom. The fourth-order valence-electron chi connectivity index (χ4n) is 2.78. The number of aryl methyl sites for hydroxylation is 1. The minimum atomic E-state index is -0.606. The lowest BCUT2D eigenvalue weighted by atomic mass is 10.0. The van der Waals surface area contributed by atoms with Gasteiger partial charge in [0, 0.05) is 24.4 Å². The molecule has 1 aliphatic rings. The van der Waals surface area contributed by atoms with E-state index in [0.29, 0.717) is 6.42 Å². The predicted octanol–water partition coefficient (Wildman–Crippen LogP) is 2.92. The zero-order chi connectivity index (χ0) is 17.6. The first-order valence-electron chi connectivity index (χ1n) is 8.36. The summed E-state index contributed by atoms with van der Waals surface area (Å²) >= 11 is 0. The molecule has 0 bridgehead atoms. The molecule has 0 saturated carbocycles. The van der Waals surface area contributed by atoms with Crippen LogP contribution < -0.4 is 10.1 Å². The van der Waals surface area contributed by atoms with Gasteiger partial charge in [-0.3, -0.25) is 4.79 Å². The lowest BCUT2D eigenvalue weighted by Crippen LogP contribution is -2.40. The first-order chi connectivity index (χ1) is 12.2. The van der Waals surface area contributed by atoms with Crippen LogP contribution in [0.3, 0.4) is 0 Å². The third kappa shape index (κ3) is 4.21. The molecule has 132 valence electrons. The number of nitrogens with zero attached hydrogens (tertiary/aromatic N) is 1. The number of carbonyl (C=O) groups is 1. The fourth-order valence-corrected chi connectivity index (χ4v) is 2.78. The van der Waals surface area contributed by atoms with Gasteiger partial charge in [-0.05, 0) is 37.6 Å². The molecule has 2 heterocycles. The summed E-state index contributed by atoms with van der Waals surface area (Å²) in [5.41, 5.74) is 1.58. The van der Waals surface area contributed by atoms with Gasteiger partial charge < -0.3 is 19.3 Å². The van der Waals surface area contributed by atoms with Gasteiger partial charge in [0.1, 0.15) is 11.5 Å². The standard InChI is InChI=1S/C19H22N2O4/c1-13(9-10-14-6-5-11-24-14)20-19(22)18-12-16(21-25-18)15-7-3-4-8-17(15)23-2/h3-8,11,13,18H,9-10,12H2,1-2H3,(H,20,22)/t13-,18-/m0/s1. The number of furan rings is 1. The van der Waals surface area contributed by atoms with Crippen LogP contribution in [0.15, 0.2) is 52.2 Å². The number of ether oxygens (including phenoxy) is 1. The SMILES string of the molecule is COc1ccccc1C1=NO[C@H](C(=O)N[C@@H](C)CCc2ccco2)C1. The number of hydrogen-bond acceptors (Lipinski definition) is 5. The molecule has 1 N–H and O–H groups in total. The van der Waals surface area contributed by atoms with Crippen molar-refractivity contribution in [1.29, 1.82) is 0 Å². The van der Waals surface area contributed by atoms with Crippen LogP contribution in [0.1, 0.15) is 31.1 Å². The highest BCUT2D eigenvalue weighted by atomic mass is 16.6. The van der Waals surface area contributed by atoms with E-state index in [1.165, 1.54) is 0 Å². The monoisotopic (exact) mass is 342 g/mol. The number of oxime groups is 1. The number of methoxy groups -OCH3 is 1. The Bertz CT molecular complexity index is 740. The second-order valence-corrected chi connectivity index (χ2v) is 6.06. The van der Waals surface area contributed by atoms with E-state index in [-0.39, 0.29) is 11.9 Å². The van der Waals surface area contributed by atoms with Crippen LogP contribution in [0.2, 0.25) is 0 Å². The molecule has 0 saturated heterocycles. The van der Waals surface area contributed by atoms with E-state index in [9.17, 15) is 4.79 Å². The van der Waals surface area contributed by atoms with E-state index in [2.05, 4.69) is 10.5 Å². The van der Waals surface area contributed by atoms with Crippen LogP contribution in [0.4, 0.5) is 0 Å². The average molecular weight is 342 g/mol. The largest absolute Gasteiger partial charge is 0.496 e. The second-order valence-electron chi connectivity index (χ2n) is 6.06. The highest BCUT2D eigenvalue weighted by Crippen LogP contribution is 2.24. The molecule has 0 aliphatic carbocycles. The minimum absolute atomic E-state index is 0.0245. The van der Waals surface area contributed by atoms with Crippen LogP contribution in [0.5, 0.6) is 5.75 Å². The summed E-state index contributed by atoms with van der Waals surface area (Å²) in [5, 5.41) is 7.05. The smallest absolute Gasteiger partial charge is 0.264 e. The summed E-state index contributed by atoms with van der Waals surface area (Å²) in [6.07, 6.45) is 3.06. The van der Waals surface area contributed by atoms with Gasteiger partial charge in [0.15, 0.2) is 0 Å². The average Bonchev–Trinajstić information content (AvgIpc) is 3.31. The van der Waals surface area contributed by atoms with Gasteiger partial charge in [-0.2, -0.15) is 0 Å². The minimum Gasteiger partial charge on any atom is -0.496 e. The maximum Gasteiger partial charge on any atom is 0.264 e. The van der Waals surface area contributed by atoms with Crippen LogP contribution in [0, 0.1) is 0 Å². The number of rotatable bonds is 7. The fraction of sp³-hybridized carbons (Fsp3) is 0.368. The summed E-state index contributed by atoms with van der Waals surface area (Å²) in [7, 11) is 1.61. The lowest BCUT2D eigenvalue weighted by Gasteiger charge is -2.15. The van der Waals surface area contributed by atoms with Crippen molar-refractivity contribution in [3.63, 3.8) is 0 Å². The third-order valence-corrected chi connectivity index (χ3v) is 4.17. The van der Waals surface area contributed by atoms with Crippen molar-refractivity contribution in [3.8, 4) is 5.75 Å². The van der Waals surface area contributed by atoms with Crippen molar-refractivity contribution >= 4 is 11.6 Å². The molecule has 0 fully saturated rings. The predicted molar refractivity (Wildman–Crippen MR) is 93.7 cm³/mol. The van der Waals surface area contributed by atoms with Gasteiger partial charge >= 0.3 is 0 Å². The number of nitrogens with one attached hydrogen (secondary N) is 1. The van der Waals surface area contributed by atoms with E-state index in [0.717, 1.165) is 35.6 Å². The van der Waals surface area contributed by atoms with Gasteiger partial charge in [0.05, 0.1) is 19.1 Å². The van der Waals surface area contributed by atoms with Gasteiger partial charge in [-0.25, -0.2) is 0 Å². The molecule has 0 spiro atoms. The molecule has 2 atom stereocenters. The van der Waals surface area contributed by atoms with Gasteiger partial charge in [0.25, 0.3) is 5.91 Å². The quantitative estimate of drug-likeness (QED) is 0.840. The molecule has 2 aromatic rings. The topological polar surface area (TPSA) is 73.1 Å². The molecular weight excluding hydrogens is 320 g/mol. The Morgan fingerprint density at radius 2 is 2.20 bits per heavy atom. The van der Waals surface area contributed by atoms with Gasteiger partial charge in [0.2, 0.25) is 6.10 Å². The molecule has 1 aromatic heterocycles. The van der Waals surface area contributed by atoms with Crippen LogP contribution in [0.25, 0.3) is 0 Å². The van der Waals surface area contributed by atoms with Crippen molar-refractivity contribution in [2.45, 2.75) is 38.3 Å². The van der Waals surface area contributed by atoms with E-state index < -0.39 is 6.10 Å². The van der Waals surface area contributed by atoms with E-state index in [1.54, 1.807) is 13.4 Å². The highest BCUT2D eigenvalue weighted by Gasteiger charge is 2.30. The lowest BCUT2D eigenvalue weighted by molar-refractivity contribution is -0.131. The Labute approximate surface area is 146 Å². The highest BCUT2D eigenvalue weighted by molar-refractivity contribution is 6.05. The molecule has 6 heteroatoms. The van der Waals surface area contributed by atoms with Crippen molar-refractivity contribution < 1.29 is 18.8 Å². The van der Waals surface area contributed by atoms with Crippen molar-refractivity contribution in [3.05, 3.63) is 54.0 Å². The molecule has 25 heavy (non-hydrogen) atoms. The molecule has 1 amide bonds. The number of amides is 1. The number of hydrogen-bond donors (Lipinski definition) is 1. The molecule has 0 unspecified atom stereocenters.